The van der Waals surface area contributed by atoms with Crippen LogP contribution in [0.25, 0.3) is 22.2 Å². The predicted octanol–water partition coefficient (Wildman–Crippen LogP) is 4.62. The Morgan fingerprint density at radius 1 is 0.906 bits per heavy atom. The second-order valence-corrected chi connectivity index (χ2v) is 7.49. The molecule has 8 heteroatoms. The summed E-state index contributed by atoms with van der Waals surface area (Å²) in [5.74, 6) is 2.26. The highest BCUT2D eigenvalue weighted by atomic mass is 16.5. The number of nitrogens with zero attached hydrogens (tertiary/aromatic N) is 6. The van der Waals surface area contributed by atoms with Crippen LogP contribution in [0.4, 0.5) is 17.3 Å². The van der Waals surface area contributed by atoms with Gasteiger partial charge in [-0.25, -0.2) is 4.99 Å². The van der Waals surface area contributed by atoms with Gasteiger partial charge in [0.1, 0.15) is 5.75 Å². The highest BCUT2D eigenvalue weighted by molar-refractivity contribution is 6.08. The standard InChI is InChI=1S/C24H21N7O/c1-3-29-23(25-16-12-14-17(32-2)15-13-16)26-20-10-6-7-11-21(20)30-22-18-8-4-5-9-19(18)27-31(22)28-24(29)30/h4-15H,3H2,1-2H3,(H,25,26). The Hall–Kier alpha value is -4.33. The molecule has 158 valence electrons. The number of aromatic nitrogens is 4. The number of para-hydroxylation sites is 2. The van der Waals surface area contributed by atoms with E-state index in [1.807, 2.05) is 60.7 Å². The Bertz CT molecular complexity index is 1480. The van der Waals surface area contributed by atoms with E-state index in [0.717, 1.165) is 45.3 Å². The van der Waals surface area contributed by atoms with Crippen molar-refractivity contribution in [2.45, 2.75) is 6.92 Å². The van der Waals surface area contributed by atoms with Gasteiger partial charge in [-0.05, 0) is 55.5 Å². The van der Waals surface area contributed by atoms with Crippen molar-refractivity contribution in [1.82, 2.24) is 19.4 Å². The Morgan fingerprint density at radius 2 is 1.69 bits per heavy atom. The van der Waals surface area contributed by atoms with Gasteiger partial charge in [0, 0.05) is 17.6 Å². The minimum absolute atomic E-state index is 0.675. The minimum Gasteiger partial charge on any atom is -0.497 e. The van der Waals surface area contributed by atoms with Crippen molar-refractivity contribution >= 4 is 39.8 Å². The Morgan fingerprint density at radius 3 is 2.50 bits per heavy atom. The lowest BCUT2D eigenvalue weighted by molar-refractivity contribution is 0.415. The van der Waals surface area contributed by atoms with Crippen molar-refractivity contribution in [2.24, 2.45) is 4.99 Å². The molecule has 1 aliphatic rings. The molecule has 0 fully saturated rings. The van der Waals surface area contributed by atoms with Crippen LogP contribution in [0, 0.1) is 0 Å². The van der Waals surface area contributed by atoms with E-state index in [2.05, 4.69) is 33.8 Å². The average molecular weight is 423 g/mol. The van der Waals surface area contributed by atoms with Crippen molar-refractivity contribution in [2.75, 3.05) is 23.9 Å². The number of aliphatic imine (C=N–C) groups is 1. The molecule has 6 rings (SSSR count). The third-order valence-electron chi connectivity index (χ3n) is 5.64. The average Bonchev–Trinajstić information content (AvgIpc) is 3.33. The maximum absolute atomic E-state index is 5.28. The van der Waals surface area contributed by atoms with Gasteiger partial charge < -0.3 is 10.1 Å². The molecule has 0 radical (unpaired) electrons. The molecule has 2 aromatic heterocycles. The number of methoxy groups -OCH3 is 1. The van der Waals surface area contributed by atoms with Crippen LogP contribution in [-0.2, 0) is 0 Å². The van der Waals surface area contributed by atoms with Gasteiger partial charge >= 0.3 is 0 Å². The fourth-order valence-corrected chi connectivity index (χ4v) is 4.11. The molecule has 0 atom stereocenters. The quantitative estimate of drug-likeness (QED) is 0.458. The third-order valence-corrected chi connectivity index (χ3v) is 5.64. The highest BCUT2D eigenvalue weighted by Crippen LogP contribution is 2.35. The number of guanidine groups is 1. The van der Waals surface area contributed by atoms with Crippen LogP contribution in [-0.4, -0.2) is 39.0 Å². The SMILES string of the molecule is CCN1C(Nc2ccc(OC)cc2)=Nc2ccccc2-n2c1nn1nc3ccccc3c21. The molecule has 5 aromatic rings. The maximum atomic E-state index is 5.28. The number of rotatable bonds is 3. The summed E-state index contributed by atoms with van der Waals surface area (Å²) in [6.45, 7) is 2.76. The van der Waals surface area contributed by atoms with Crippen LogP contribution in [0.5, 0.6) is 5.75 Å². The van der Waals surface area contributed by atoms with Crippen LogP contribution in [0.2, 0.25) is 0 Å². The zero-order valence-electron chi connectivity index (χ0n) is 17.7. The second kappa shape index (κ2) is 7.12. The van der Waals surface area contributed by atoms with Crippen LogP contribution in [0.15, 0.2) is 77.8 Å². The normalized spacial score (nSPS) is 12.9. The van der Waals surface area contributed by atoms with E-state index in [9.17, 15) is 0 Å². The van der Waals surface area contributed by atoms with Gasteiger partial charge in [0.15, 0.2) is 5.65 Å². The molecule has 0 saturated heterocycles. The van der Waals surface area contributed by atoms with Gasteiger partial charge in [0.25, 0.3) is 0 Å². The molecule has 32 heavy (non-hydrogen) atoms. The molecular formula is C24H21N7O. The lowest BCUT2D eigenvalue weighted by atomic mass is 10.2. The number of fused-ring (bicyclic) bond motifs is 7. The third kappa shape index (κ3) is 2.73. The van der Waals surface area contributed by atoms with Gasteiger partial charge in [-0.1, -0.05) is 24.3 Å². The zero-order chi connectivity index (χ0) is 21.7. The molecule has 1 N–H and O–H groups in total. The lowest BCUT2D eigenvalue weighted by Gasteiger charge is -2.22. The van der Waals surface area contributed by atoms with Crippen molar-refractivity contribution in [3.63, 3.8) is 0 Å². The number of hydrogen-bond donors (Lipinski definition) is 1. The molecule has 3 aromatic carbocycles. The van der Waals surface area contributed by atoms with Gasteiger partial charge in [-0.15, -0.1) is 14.8 Å². The smallest absolute Gasteiger partial charge is 0.239 e. The van der Waals surface area contributed by atoms with Crippen LogP contribution >= 0.6 is 0 Å². The summed E-state index contributed by atoms with van der Waals surface area (Å²) in [6.07, 6.45) is 0. The van der Waals surface area contributed by atoms with Gasteiger partial charge in [-0.3, -0.25) is 9.47 Å². The van der Waals surface area contributed by atoms with E-state index in [0.29, 0.717) is 12.5 Å². The number of benzene rings is 3. The molecule has 8 nitrogen and oxygen atoms in total. The van der Waals surface area contributed by atoms with Crippen molar-refractivity contribution in [1.29, 1.82) is 0 Å². The highest BCUT2D eigenvalue weighted by Gasteiger charge is 2.28. The summed E-state index contributed by atoms with van der Waals surface area (Å²) in [5.41, 5.74) is 4.55. The summed E-state index contributed by atoms with van der Waals surface area (Å²) in [7, 11) is 1.66. The topological polar surface area (TPSA) is 72.0 Å². The Labute approximate surface area is 184 Å². The zero-order valence-corrected chi connectivity index (χ0v) is 17.7. The van der Waals surface area contributed by atoms with Gasteiger partial charge in [0.05, 0.1) is 24.0 Å². The predicted molar refractivity (Wildman–Crippen MR) is 127 cm³/mol. The molecular weight excluding hydrogens is 402 g/mol. The molecule has 0 aliphatic carbocycles. The first-order chi connectivity index (χ1) is 15.8. The first-order valence-electron chi connectivity index (χ1n) is 10.5. The Kier molecular flexibility index (Phi) is 4.10. The molecule has 3 heterocycles. The van der Waals surface area contributed by atoms with Crippen LogP contribution < -0.4 is 15.0 Å². The number of nitrogens with one attached hydrogen (secondary N) is 1. The molecule has 1 aliphatic heterocycles. The summed E-state index contributed by atoms with van der Waals surface area (Å²) < 4.78 is 9.14. The van der Waals surface area contributed by atoms with Crippen molar-refractivity contribution in [3.8, 4) is 11.4 Å². The number of hydrogen-bond acceptors (Lipinski definition) is 6. The number of anilines is 2. The van der Waals surface area contributed by atoms with E-state index in [1.54, 1.807) is 11.7 Å². The maximum Gasteiger partial charge on any atom is 0.239 e. The molecule has 0 saturated carbocycles. The fraction of sp³-hybridized carbons (Fsp3) is 0.125. The van der Waals surface area contributed by atoms with Gasteiger partial charge in [-0.2, -0.15) is 0 Å². The van der Waals surface area contributed by atoms with E-state index in [-0.39, 0.29) is 0 Å². The number of ether oxygens (including phenoxy) is 1. The monoisotopic (exact) mass is 423 g/mol. The van der Waals surface area contributed by atoms with Crippen LogP contribution in [0.1, 0.15) is 6.92 Å². The van der Waals surface area contributed by atoms with Crippen molar-refractivity contribution < 1.29 is 4.74 Å². The molecule has 0 bridgehead atoms. The first kappa shape index (κ1) is 18.4. The molecule has 0 spiro atoms. The summed E-state index contributed by atoms with van der Waals surface area (Å²) in [4.78, 5) is 7.06. The van der Waals surface area contributed by atoms with E-state index in [4.69, 9.17) is 19.9 Å². The Balaban J connectivity index is 1.57. The van der Waals surface area contributed by atoms with E-state index >= 15 is 0 Å². The van der Waals surface area contributed by atoms with Crippen molar-refractivity contribution in [3.05, 3.63) is 72.8 Å². The molecule has 0 unspecified atom stereocenters. The van der Waals surface area contributed by atoms with E-state index in [1.165, 1.54) is 0 Å². The summed E-state index contributed by atoms with van der Waals surface area (Å²) >= 11 is 0. The first-order valence-corrected chi connectivity index (χ1v) is 10.5. The largest absolute Gasteiger partial charge is 0.497 e. The second-order valence-electron chi connectivity index (χ2n) is 7.49. The fourth-order valence-electron chi connectivity index (χ4n) is 4.11. The minimum atomic E-state index is 0.675. The lowest BCUT2D eigenvalue weighted by Crippen LogP contribution is -2.37. The van der Waals surface area contributed by atoms with E-state index < -0.39 is 0 Å². The summed E-state index contributed by atoms with van der Waals surface area (Å²) in [6, 6.07) is 24.0. The van der Waals surface area contributed by atoms with Gasteiger partial charge in [0.2, 0.25) is 11.9 Å². The van der Waals surface area contributed by atoms with Crippen LogP contribution in [0.3, 0.4) is 0 Å². The molecule has 0 amide bonds. The summed E-state index contributed by atoms with van der Waals surface area (Å²) in [5, 5.41) is 14.1.